The number of nitrogens with one attached hydrogen (secondary N) is 1. The third-order valence-corrected chi connectivity index (χ3v) is 4.09. The lowest BCUT2D eigenvalue weighted by molar-refractivity contribution is -0.136. The molecule has 0 fully saturated rings. The molecular weight excluding hydrogens is 418 g/mol. The molecule has 3 aromatic carbocycles. The van der Waals surface area contributed by atoms with Crippen LogP contribution in [0.3, 0.4) is 0 Å². The van der Waals surface area contributed by atoms with Crippen molar-refractivity contribution < 1.29 is 23.9 Å². The van der Waals surface area contributed by atoms with E-state index in [9.17, 15) is 14.4 Å². The molecule has 7 heteroatoms. The first-order chi connectivity index (χ1) is 14.5. The molecule has 0 saturated carbocycles. The topological polar surface area (TPSA) is 81.7 Å². The Morgan fingerprint density at radius 2 is 1.19 bits per heavy atom. The van der Waals surface area contributed by atoms with Crippen molar-refractivity contribution in [3.8, 4) is 11.5 Å². The number of carbonyl (C=O) groups excluding carboxylic acids is 3. The number of benzene rings is 3. The number of hydrogen-bond donors (Lipinski definition) is 1. The van der Waals surface area contributed by atoms with Crippen molar-refractivity contribution in [3.05, 3.63) is 90.0 Å². The minimum Gasteiger partial charge on any atom is -0.422 e. The van der Waals surface area contributed by atoms with E-state index in [0.29, 0.717) is 5.69 Å². The molecule has 0 heterocycles. The molecular formula is C24H22ClNO5. The first-order valence-electron chi connectivity index (χ1n) is 9.40. The highest BCUT2D eigenvalue weighted by molar-refractivity contribution is 5.89. The van der Waals surface area contributed by atoms with Crippen LogP contribution in [0.4, 0.5) is 5.69 Å². The molecule has 3 aromatic rings. The van der Waals surface area contributed by atoms with Crippen LogP contribution in [0.2, 0.25) is 0 Å². The summed E-state index contributed by atoms with van der Waals surface area (Å²) in [4.78, 5) is 36.1. The molecule has 0 atom stereocenters. The number of hydrogen-bond acceptors (Lipinski definition) is 5. The van der Waals surface area contributed by atoms with Gasteiger partial charge in [-0.3, -0.25) is 14.4 Å². The van der Waals surface area contributed by atoms with Crippen molar-refractivity contribution in [3.63, 3.8) is 0 Å². The Bertz CT molecular complexity index is 1040. The normalized spacial score (nSPS) is 9.84. The predicted molar refractivity (Wildman–Crippen MR) is 120 cm³/mol. The Morgan fingerprint density at radius 1 is 0.710 bits per heavy atom. The zero-order chi connectivity index (χ0) is 21.3. The number of halogens is 1. The van der Waals surface area contributed by atoms with Gasteiger partial charge in [0.25, 0.3) is 0 Å². The zero-order valence-electron chi connectivity index (χ0n) is 16.9. The number of amides is 1. The van der Waals surface area contributed by atoms with Gasteiger partial charge in [0.15, 0.2) is 11.5 Å². The minimum absolute atomic E-state index is 0. The SMILES string of the molecule is CC(=O)Nc1ccc(OC(=O)Cc2ccccc2)c(OC(=O)Cc2ccccc2)c1.Cl. The summed E-state index contributed by atoms with van der Waals surface area (Å²) in [6.07, 6.45) is 0.133. The third-order valence-electron chi connectivity index (χ3n) is 4.09. The van der Waals surface area contributed by atoms with E-state index >= 15 is 0 Å². The van der Waals surface area contributed by atoms with E-state index in [-0.39, 0.29) is 42.7 Å². The number of anilines is 1. The molecule has 0 bridgehead atoms. The van der Waals surface area contributed by atoms with Crippen molar-refractivity contribution >= 4 is 35.9 Å². The van der Waals surface area contributed by atoms with Crippen LogP contribution < -0.4 is 14.8 Å². The van der Waals surface area contributed by atoms with Gasteiger partial charge in [0, 0.05) is 18.7 Å². The Labute approximate surface area is 186 Å². The molecule has 1 amide bonds. The van der Waals surface area contributed by atoms with Crippen molar-refractivity contribution in [2.45, 2.75) is 19.8 Å². The van der Waals surface area contributed by atoms with Crippen molar-refractivity contribution in [1.82, 2.24) is 0 Å². The standard InChI is InChI=1S/C24H21NO5.ClH/c1-17(26)25-20-12-13-21(29-23(27)14-18-8-4-2-5-9-18)22(16-20)30-24(28)15-19-10-6-3-7-11-19;/h2-13,16H,14-15H2,1H3,(H,25,26);1H. The van der Waals surface area contributed by atoms with E-state index in [1.54, 1.807) is 6.07 Å². The summed E-state index contributed by atoms with van der Waals surface area (Å²) >= 11 is 0. The molecule has 0 saturated heterocycles. The summed E-state index contributed by atoms with van der Waals surface area (Å²) < 4.78 is 10.9. The summed E-state index contributed by atoms with van der Waals surface area (Å²) in [6.45, 7) is 1.37. The molecule has 0 aromatic heterocycles. The number of ether oxygens (including phenoxy) is 2. The van der Waals surface area contributed by atoms with Crippen LogP contribution in [0.1, 0.15) is 18.1 Å². The van der Waals surface area contributed by atoms with E-state index in [1.807, 2.05) is 60.7 Å². The van der Waals surface area contributed by atoms with Crippen LogP contribution in [0.15, 0.2) is 78.9 Å². The second-order valence-electron chi connectivity index (χ2n) is 6.62. The highest BCUT2D eigenvalue weighted by Gasteiger charge is 2.16. The molecule has 0 spiro atoms. The Balaban J connectivity index is 0.00000341. The molecule has 31 heavy (non-hydrogen) atoms. The van der Waals surface area contributed by atoms with Crippen LogP contribution >= 0.6 is 12.4 Å². The molecule has 3 rings (SSSR count). The fraction of sp³-hybridized carbons (Fsp3) is 0.125. The summed E-state index contributed by atoms with van der Waals surface area (Å²) in [7, 11) is 0. The molecule has 0 unspecified atom stereocenters. The molecule has 0 aliphatic heterocycles. The monoisotopic (exact) mass is 439 g/mol. The number of esters is 2. The van der Waals surface area contributed by atoms with E-state index in [2.05, 4.69) is 5.32 Å². The van der Waals surface area contributed by atoms with Crippen LogP contribution in [0.25, 0.3) is 0 Å². The minimum atomic E-state index is -0.512. The average Bonchev–Trinajstić information content (AvgIpc) is 2.71. The van der Waals surface area contributed by atoms with Gasteiger partial charge in [-0.2, -0.15) is 0 Å². The molecule has 1 N–H and O–H groups in total. The van der Waals surface area contributed by atoms with Crippen LogP contribution in [0, 0.1) is 0 Å². The quantitative estimate of drug-likeness (QED) is 0.437. The summed E-state index contributed by atoms with van der Waals surface area (Å²) in [5, 5.41) is 2.62. The summed E-state index contributed by atoms with van der Waals surface area (Å²) in [5.41, 5.74) is 2.02. The smallest absolute Gasteiger partial charge is 0.315 e. The average molecular weight is 440 g/mol. The van der Waals surface area contributed by atoms with Gasteiger partial charge in [-0.05, 0) is 23.3 Å². The lowest BCUT2D eigenvalue weighted by Crippen LogP contribution is -2.15. The second-order valence-corrected chi connectivity index (χ2v) is 6.62. The number of carbonyl (C=O) groups is 3. The van der Waals surface area contributed by atoms with Crippen molar-refractivity contribution in [2.24, 2.45) is 0 Å². The second kappa shape index (κ2) is 11.5. The van der Waals surface area contributed by atoms with Gasteiger partial charge in [-0.1, -0.05) is 60.7 Å². The lowest BCUT2D eigenvalue weighted by atomic mass is 10.1. The zero-order valence-corrected chi connectivity index (χ0v) is 17.7. The van der Waals surface area contributed by atoms with Gasteiger partial charge in [-0.15, -0.1) is 12.4 Å². The Morgan fingerprint density at radius 3 is 1.68 bits per heavy atom. The molecule has 6 nitrogen and oxygen atoms in total. The van der Waals surface area contributed by atoms with Gasteiger partial charge >= 0.3 is 11.9 Å². The lowest BCUT2D eigenvalue weighted by Gasteiger charge is -2.13. The molecule has 0 aliphatic rings. The summed E-state index contributed by atoms with van der Waals surface area (Å²) in [6, 6.07) is 22.8. The highest BCUT2D eigenvalue weighted by atomic mass is 35.5. The first kappa shape index (κ1) is 23.6. The number of rotatable bonds is 7. The maximum atomic E-state index is 12.4. The molecule has 0 radical (unpaired) electrons. The van der Waals surface area contributed by atoms with Gasteiger partial charge in [-0.25, -0.2) is 0 Å². The van der Waals surface area contributed by atoms with Gasteiger partial charge in [0.05, 0.1) is 12.8 Å². The Kier molecular flexibility index (Phi) is 8.78. The fourth-order valence-corrected chi connectivity index (χ4v) is 2.80. The highest BCUT2D eigenvalue weighted by Crippen LogP contribution is 2.31. The van der Waals surface area contributed by atoms with E-state index < -0.39 is 11.9 Å². The fourth-order valence-electron chi connectivity index (χ4n) is 2.80. The molecule has 160 valence electrons. The van der Waals surface area contributed by atoms with Crippen molar-refractivity contribution in [1.29, 1.82) is 0 Å². The first-order valence-corrected chi connectivity index (χ1v) is 9.40. The maximum Gasteiger partial charge on any atom is 0.315 e. The maximum absolute atomic E-state index is 12.4. The van der Waals surface area contributed by atoms with Crippen LogP contribution in [0.5, 0.6) is 11.5 Å². The predicted octanol–water partition coefficient (Wildman–Crippen LogP) is 4.36. The van der Waals surface area contributed by atoms with E-state index in [1.165, 1.54) is 19.1 Å². The van der Waals surface area contributed by atoms with Gasteiger partial charge in [0.1, 0.15) is 0 Å². The van der Waals surface area contributed by atoms with Gasteiger partial charge < -0.3 is 14.8 Å². The van der Waals surface area contributed by atoms with Crippen LogP contribution in [-0.2, 0) is 27.2 Å². The third kappa shape index (κ3) is 7.60. The largest absolute Gasteiger partial charge is 0.422 e. The van der Waals surface area contributed by atoms with E-state index in [0.717, 1.165) is 11.1 Å². The summed E-state index contributed by atoms with van der Waals surface area (Å²) in [5.74, 6) is -1.12. The van der Waals surface area contributed by atoms with Crippen LogP contribution in [-0.4, -0.2) is 17.8 Å². The van der Waals surface area contributed by atoms with Crippen molar-refractivity contribution in [2.75, 3.05) is 5.32 Å². The van der Waals surface area contributed by atoms with E-state index in [4.69, 9.17) is 9.47 Å². The van der Waals surface area contributed by atoms with Gasteiger partial charge in [0.2, 0.25) is 5.91 Å². The Hall–Kier alpha value is -3.64. The molecule has 0 aliphatic carbocycles.